The largest absolute Gasteiger partial charge is 0.487 e. The highest BCUT2D eigenvalue weighted by Gasteiger charge is 2.16. The average molecular weight is 477 g/mol. The molecule has 0 N–H and O–H groups in total. The zero-order valence-corrected chi connectivity index (χ0v) is 18.2. The Bertz CT molecular complexity index is 1530. The van der Waals surface area contributed by atoms with Crippen LogP contribution in [-0.4, -0.2) is 16.3 Å². The van der Waals surface area contributed by atoms with Gasteiger partial charge in [-0.1, -0.05) is 23.7 Å². The number of carbonyl (C=O) groups excluding carboxylic acids is 1. The molecule has 0 atom stereocenters. The van der Waals surface area contributed by atoms with Gasteiger partial charge in [0.25, 0.3) is 0 Å². The zero-order valence-electron chi connectivity index (χ0n) is 17.5. The van der Waals surface area contributed by atoms with Crippen molar-refractivity contribution in [3.05, 3.63) is 101 Å². The zero-order chi connectivity index (χ0) is 23.7. The number of benzene rings is 3. The van der Waals surface area contributed by atoms with Crippen LogP contribution in [0.3, 0.4) is 0 Å². The quantitative estimate of drug-likeness (QED) is 0.250. The van der Waals surface area contributed by atoms with Crippen LogP contribution >= 0.6 is 11.6 Å². The predicted molar refractivity (Wildman–Crippen MR) is 124 cm³/mol. The summed E-state index contributed by atoms with van der Waals surface area (Å²) < 4.78 is 39.3. The van der Waals surface area contributed by atoms with Crippen molar-refractivity contribution in [2.24, 2.45) is 0 Å². The molecule has 168 valence electrons. The number of aromatic nitrogens is 2. The first kappa shape index (κ1) is 21.7. The molecular formula is C26H15ClF2N2O3. The lowest BCUT2D eigenvalue weighted by Gasteiger charge is -2.11. The second-order valence-corrected chi connectivity index (χ2v) is 7.86. The average Bonchev–Trinajstić information content (AvgIpc) is 3.31. The van der Waals surface area contributed by atoms with E-state index in [-0.39, 0.29) is 29.5 Å². The minimum Gasteiger partial charge on any atom is -0.487 e. The summed E-state index contributed by atoms with van der Waals surface area (Å²) >= 11 is 6.45. The van der Waals surface area contributed by atoms with Crippen molar-refractivity contribution in [1.29, 1.82) is 0 Å². The smallest absolute Gasteiger partial charge is 0.185 e. The van der Waals surface area contributed by atoms with Gasteiger partial charge in [-0.25, -0.2) is 18.7 Å². The van der Waals surface area contributed by atoms with Crippen LogP contribution in [-0.2, 0) is 6.61 Å². The first-order valence-corrected chi connectivity index (χ1v) is 10.6. The standard InChI is InChI=1S/C26H15ClF2N2O3/c27-21-9-16(4-6-25(21)33-13-15-2-1-3-17(28)8-15)26-20-10-19(24-7-5-18(12-32)34-24)22(29)11-23(20)30-14-31-26/h1-12,14H,13H2. The predicted octanol–water partition coefficient (Wildman–Crippen LogP) is 6.88. The van der Waals surface area contributed by atoms with Crippen molar-refractivity contribution in [1.82, 2.24) is 9.97 Å². The molecule has 5 aromatic rings. The Hall–Kier alpha value is -4.10. The minimum atomic E-state index is -0.539. The number of furan rings is 1. The summed E-state index contributed by atoms with van der Waals surface area (Å²) in [5.41, 5.74) is 2.45. The van der Waals surface area contributed by atoms with Gasteiger partial charge in [-0.05, 0) is 54.1 Å². The number of hydrogen-bond donors (Lipinski definition) is 0. The lowest BCUT2D eigenvalue weighted by molar-refractivity contribution is 0.110. The van der Waals surface area contributed by atoms with E-state index in [1.165, 1.54) is 36.7 Å². The van der Waals surface area contributed by atoms with Gasteiger partial charge in [-0.3, -0.25) is 4.79 Å². The molecule has 0 aliphatic carbocycles. The highest BCUT2D eigenvalue weighted by molar-refractivity contribution is 6.32. The molecular weight excluding hydrogens is 462 g/mol. The van der Waals surface area contributed by atoms with E-state index in [4.69, 9.17) is 20.8 Å². The summed E-state index contributed by atoms with van der Waals surface area (Å²) in [6, 6.07) is 17.1. The van der Waals surface area contributed by atoms with Gasteiger partial charge < -0.3 is 9.15 Å². The van der Waals surface area contributed by atoms with Crippen LogP contribution in [0.2, 0.25) is 5.02 Å². The van der Waals surface area contributed by atoms with E-state index in [0.717, 1.165) is 0 Å². The fourth-order valence-electron chi connectivity index (χ4n) is 3.61. The maximum absolute atomic E-state index is 14.7. The highest BCUT2D eigenvalue weighted by atomic mass is 35.5. The van der Waals surface area contributed by atoms with Gasteiger partial charge >= 0.3 is 0 Å². The fraction of sp³-hybridized carbons (Fsp3) is 0.0385. The van der Waals surface area contributed by atoms with Crippen molar-refractivity contribution >= 4 is 28.8 Å². The number of carbonyl (C=O) groups is 1. The van der Waals surface area contributed by atoms with Crippen LogP contribution < -0.4 is 4.74 Å². The maximum Gasteiger partial charge on any atom is 0.185 e. The molecule has 0 saturated heterocycles. The summed E-state index contributed by atoms with van der Waals surface area (Å²) in [5, 5.41) is 0.914. The molecule has 2 heterocycles. The molecule has 5 nitrogen and oxygen atoms in total. The van der Waals surface area contributed by atoms with E-state index in [9.17, 15) is 13.6 Å². The SMILES string of the molecule is O=Cc1ccc(-c2cc3c(-c4ccc(OCc5cccc(F)c5)c(Cl)c4)ncnc3cc2F)o1. The molecule has 2 aromatic heterocycles. The molecule has 34 heavy (non-hydrogen) atoms. The van der Waals surface area contributed by atoms with Crippen LogP contribution in [0.1, 0.15) is 16.1 Å². The number of hydrogen-bond acceptors (Lipinski definition) is 5. The Balaban J connectivity index is 1.50. The molecule has 0 amide bonds. The third-order valence-corrected chi connectivity index (χ3v) is 5.52. The summed E-state index contributed by atoms with van der Waals surface area (Å²) in [4.78, 5) is 19.5. The van der Waals surface area contributed by atoms with Crippen molar-refractivity contribution in [3.63, 3.8) is 0 Å². The van der Waals surface area contributed by atoms with Crippen molar-refractivity contribution in [3.8, 4) is 28.3 Å². The fourth-order valence-corrected chi connectivity index (χ4v) is 3.85. The van der Waals surface area contributed by atoms with Gasteiger partial charge in [0, 0.05) is 17.0 Å². The molecule has 0 bridgehead atoms. The second-order valence-electron chi connectivity index (χ2n) is 7.46. The maximum atomic E-state index is 14.7. The molecule has 0 spiro atoms. The Morgan fingerprint density at radius 2 is 1.88 bits per heavy atom. The number of nitrogens with zero attached hydrogens (tertiary/aromatic N) is 2. The number of fused-ring (bicyclic) bond motifs is 1. The third kappa shape index (κ3) is 4.25. The molecule has 3 aromatic carbocycles. The van der Waals surface area contributed by atoms with Crippen LogP contribution in [0, 0.1) is 11.6 Å². The second kappa shape index (κ2) is 9.03. The van der Waals surface area contributed by atoms with E-state index < -0.39 is 5.82 Å². The molecule has 0 saturated carbocycles. The minimum absolute atomic E-state index is 0.0969. The number of ether oxygens (including phenoxy) is 1. The van der Waals surface area contributed by atoms with Crippen LogP contribution in [0.25, 0.3) is 33.5 Å². The van der Waals surface area contributed by atoms with Gasteiger partial charge in [0.05, 0.1) is 21.8 Å². The summed E-state index contributed by atoms with van der Waals surface area (Å²) in [7, 11) is 0. The Labute approximate surface area is 197 Å². The Kier molecular flexibility index (Phi) is 5.77. The molecule has 0 unspecified atom stereocenters. The Morgan fingerprint density at radius 3 is 2.65 bits per heavy atom. The normalized spacial score (nSPS) is 11.0. The summed E-state index contributed by atoms with van der Waals surface area (Å²) in [5.74, 6) is -0.138. The Morgan fingerprint density at radius 1 is 1.00 bits per heavy atom. The molecule has 5 rings (SSSR count). The van der Waals surface area contributed by atoms with E-state index >= 15 is 0 Å². The van der Waals surface area contributed by atoms with Crippen molar-refractivity contribution < 1.29 is 22.7 Å². The number of halogens is 3. The summed E-state index contributed by atoms with van der Waals surface area (Å²) in [6.07, 6.45) is 1.90. The van der Waals surface area contributed by atoms with Crippen LogP contribution in [0.5, 0.6) is 5.75 Å². The van der Waals surface area contributed by atoms with Crippen molar-refractivity contribution in [2.75, 3.05) is 0 Å². The highest BCUT2D eigenvalue weighted by Crippen LogP contribution is 2.35. The topological polar surface area (TPSA) is 65.2 Å². The van der Waals surface area contributed by atoms with Gasteiger partial charge in [0.15, 0.2) is 12.0 Å². The van der Waals surface area contributed by atoms with Gasteiger partial charge in [-0.15, -0.1) is 0 Å². The van der Waals surface area contributed by atoms with Crippen LogP contribution in [0.15, 0.2) is 77.5 Å². The number of aldehydes is 1. The molecule has 0 aliphatic heterocycles. The monoisotopic (exact) mass is 476 g/mol. The van der Waals surface area contributed by atoms with Gasteiger partial charge in [0.1, 0.15) is 36.1 Å². The van der Waals surface area contributed by atoms with E-state index in [2.05, 4.69) is 9.97 Å². The first-order valence-electron chi connectivity index (χ1n) is 10.2. The van der Waals surface area contributed by atoms with Gasteiger partial charge in [-0.2, -0.15) is 0 Å². The van der Waals surface area contributed by atoms with Crippen LogP contribution in [0.4, 0.5) is 8.78 Å². The molecule has 8 heteroatoms. The van der Waals surface area contributed by atoms with Crippen molar-refractivity contribution in [2.45, 2.75) is 6.61 Å². The molecule has 0 aliphatic rings. The lowest BCUT2D eigenvalue weighted by Crippen LogP contribution is -1.97. The van der Waals surface area contributed by atoms with E-state index in [1.54, 1.807) is 36.4 Å². The molecule has 0 radical (unpaired) electrons. The third-order valence-electron chi connectivity index (χ3n) is 5.22. The molecule has 0 fully saturated rings. The first-order chi connectivity index (χ1) is 16.5. The van der Waals surface area contributed by atoms with Gasteiger partial charge in [0.2, 0.25) is 0 Å². The van der Waals surface area contributed by atoms with E-state index in [0.29, 0.717) is 44.8 Å². The lowest BCUT2D eigenvalue weighted by atomic mass is 10.0. The summed E-state index contributed by atoms with van der Waals surface area (Å²) in [6.45, 7) is 0.155. The van der Waals surface area contributed by atoms with E-state index in [1.807, 2.05) is 0 Å². The number of rotatable bonds is 6.